The molecule has 0 atom stereocenters. The molecular weight excluding hydrogens is 172 g/mol. The van der Waals surface area contributed by atoms with Gasteiger partial charge in [-0.05, 0) is 19.1 Å². The largest absolute Gasteiger partial charge is 0.478 e. The van der Waals surface area contributed by atoms with Crippen molar-refractivity contribution in [1.82, 2.24) is 0 Å². The maximum absolute atomic E-state index is 10.6. The predicted molar refractivity (Wildman–Crippen MR) is 46.0 cm³/mol. The van der Waals surface area contributed by atoms with Crippen molar-refractivity contribution in [2.45, 2.75) is 6.92 Å². The molecule has 0 unspecified atom stereocenters. The molecule has 13 heavy (non-hydrogen) atoms. The van der Waals surface area contributed by atoms with E-state index in [-0.39, 0.29) is 12.2 Å². The molecule has 0 aliphatic rings. The van der Waals surface area contributed by atoms with Gasteiger partial charge in [0.2, 0.25) is 0 Å². The summed E-state index contributed by atoms with van der Waals surface area (Å²) in [5.41, 5.74) is 0.398. The second-order valence-electron chi connectivity index (χ2n) is 2.54. The Bertz CT molecular complexity index is 321. The number of furan rings is 1. The molecule has 0 aliphatic heterocycles. The molecule has 0 fully saturated rings. The quantitative estimate of drug-likeness (QED) is 0.687. The number of hydrogen-bond acceptors (Lipinski definition) is 3. The smallest absolute Gasteiger partial charge is 0.331 e. The van der Waals surface area contributed by atoms with Gasteiger partial charge in [-0.25, -0.2) is 4.79 Å². The van der Waals surface area contributed by atoms with E-state index < -0.39 is 5.97 Å². The standard InChI is InChI=1S/C9H10O4/c1-6(9(11)12)7(5-10)8-3-2-4-13-8/h2-4,10H,5H2,1H3,(H,11,12). The van der Waals surface area contributed by atoms with E-state index in [0.29, 0.717) is 11.3 Å². The monoisotopic (exact) mass is 182 g/mol. The minimum atomic E-state index is -1.06. The average molecular weight is 182 g/mol. The molecule has 1 heterocycles. The molecule has 4 heteroatoms. The van der Waals surface area contributed by atoms with Crippen molar-refractivity contribution in [1.29, 1.82) is 0 Å². The summed E-state index contributed by atoms with van der Waals surface area (Å²) >= 11 is 0. The van der Waals surface area contributed by atoms with Crippen LogP contribution < -0.4 is 0 Å². The molecule has 0 saturated heterocycles. The van der Waals surface area contributed by atoms with Gasteiger partial charge in [0.25, 0.3) is 0 Å². The highest BCUT2D eigenvalue weighted by Crippen LogP contribution is 2.18. The van der Waals surface area contributed by atoms with Gasteiger partial charge in [0, 0.05) is 11.1 Å². The van der Waals surface area contributed by atoms with Crippen molar-refractivity contribution in [3.05, 3.63) is 29.7 Å². The van der Waals surface area contributed by atoms with Gasteiger partial charge in [-0.2, -0.15) is 0 Å². The molecule has 0 aromatic carbocycles. The summed E-state index contributed by atoms with van der Waals surface area (Å²) in [5.74, 6) is -0.664. The number of carboxylic acid groups (broad SMARTS) is 1. The molecule has 1 aromatic heterocycles. The Morgan fingerprint density at radius 3 is 2.69 bits per heavy atom. The van der Waals surface area contributed by atoms with Crippen molar-refractivity contribution >= 4 is 11.5 Å². The highest BCUT2D eigenvalue weighted by atomic mass is 16.4. The summed E-state index contributed by atoms with van der Waals surface area (Å²) in [5, 5.41) is 17.6. The van der Waals surface area contributed by atoms with Crippen LogP contribution in [0.4, 0.5) is 0 Å². The lowest BCUT2D eigenvalue weighted by molar-refractivity contribution is -0.132. The maximum Gasteiger partial charge on any atom is 0.331 e. The lowest BCUT2D eigenvalue weighted by Gasteiger charge is -2.02. The Morgan fingerprint density at radius 2 is 2.31 bits per heavy atom. The van der Waals surface area contributed by atoms with E-state index in [1.54, 1.807) is 12.1 Å². The molecule has 4 nitrogen and oxygen atoms in total. The molecule has 1 aromatic rings. The number of aliphatic hydroxyl groups is 1. The second kappa shape index (κ2) is 3.91. The summed E-state index contributed by atoms with van der Waals surface area (Å²) in [6, 6.07) is 3.25. The van der Waals surface area contributed by atoms with Crippen molar-refractivity contribution < 1.29 is 19.4 Å². The zero-order valence-corrected chi connectivity index (χ0v) is 7.15. The Balaban J connectivity index is 3.11. The highest BCUT2D eigenvalue weighted by Gasteiger charge is 2.12. The van der Waals surface area contributed by atoms with Gasteiger partial charge in [0.15, 0.2) is 0 Å². The van der Waals surface area contributed by atoms with Gasteiger partial charge in [-0.3, -0.25) is 0 Å². The molecule has 2 N–H and O–H groups in total. The first-order valence-electron chi connectivity index (χ1n) is 3.74. The second-order valence-corrected chi connectivity index (χ2v) is 2.54. The number of carbonyl (C=O) groups is 1. The number of aliphatic hydroxyl groups excluding tert-OH is 1. The molecule has 0 saturated carbocycles. The number of aliphatic carboxylic acids is 1. The molecular formula is C9H10O4. The number of hydrogen-bond donors (Lipinski definition) is 2. The minimum absolute atomic E-state index is 0.0949. The summed E-state index contributed by atoms with van der Waals surface area (Å²) in [6.07, 6.45) is 1.43. The highest BCUT2D eigenvalue weighted by molar-refractivity contribution is 5.95. The van der Waals surface area contributed by atoms with E-state index in [2.05, 4.69) is 0 Å². The van der Waals surface area contributed by atoms with Crippen molar-refractivity contribution in [2.24, 2.45) is 0 Å². The molecule has 0 aliphatic carbocycles. The van der Waals surface area contributed by atoms with Gasteiger partial charge in [0.1, 0.15) is 5.76 Å². The van der Waals surface area contributed by atoms with Gasteiger partial charge >= 0.3 is 5.97 Å². The van der Waals surface area contributed by atoms with E-state index in [0.717, 1.165) is 0 Å². The fourth-order valence-corrected chi connectivity index (χ4v) is 0.961. The van der Waals surface area contributed by atoms with Crippen LogP contribution in [0, 0.1) is 0 Å². The van der Waals surface area contributed by atoms with Crippen LogP contribution in [-0.2, 0) is 4.79 Å². The zero-order chi connectivity index (χ0) is 9.84. The summed E-state index contributed by atoms with van der Waals surface area (Å²) in [6.45, 7) is 1.09. The van der Waals surface area contributed by atoms with Crippen LogP contribution in [0.15, 0.2) is 28.4 Å². The number of carboxylic acids is 1. The van der Waals surface area contributed by atoms with Crippen molar-refractivity contribution in [3.63, 3.8) is 0 Å². The molecule has 0 radical (unpaired) electrons. The number of rotatable bonds is 3. The van der Waals surface area contributed by atoms with Gasteiger partial charge in [-0.1, -0.05) is 0 Å². The third-order valence-corrected chi connectivity index (χ3v) is 1.75. The molecule has 0 bridgehead atoms. The summed E-state index contributed by atoms with van der Waals surface area (Å²) in [4.78, 5) is 10.6. The molecule has 0 amide bonds. The third kappa shape index (κ3) is 1.97. The van der Waals surface area contributed by atoms with E-state index in [1.807, 2.05) is 0 Å². The minimum Gasteiger partial charge on any atom is -0.478 e. The van der Waals surface area contributed by atoms with E-state index >= 15 is 0 Å². The summed E-state index contributed by atoms with van der Waals surface area (Å²) in [7, 11) is 0. The van der Waals surface area contributed by atoms with E-state index in [1.165, 1.54) is 13.2 Å². The van der Waals surface area contributed by atoms with Crippen LogP contribution >= 0.6 is 0 Å². The van der Waals surface area contributed by atoms with Crippen molar-refractivity contribution in [2.75, 3.05) is 6.61 Å². The van der Waals surface area contributed by atoms with Crippen LogP contribution in [0.25, 0.3) is 5.57 Å². The fraction of sp³-hybridized carbons (Fsp3) is 0.222. The average Bonchev–Trinajstić information content (AvgIpc) is 2.58. The molecule has 70 valence electrons. The van der Waals surface area contributed by atoms with E-state index in [9.17, 15) is 4.79 Å². The van der Waals surface area contributed by atoms with Gasteiger partial charge in [0.05, 0.1) is 12.9 Å². The van der Waals surface area contributed by atoms with Crippen LogP contribution in [0.3, 0.4) is 0 Å². The first-order chi connectivity index (χ1) is 6.16. The lowest BCUT2D eigenvalue weighted by Crippen LogP contribution is -2.02. The van der Waals surface area contributed by atoms with Crippen LogP contribution in [-0.4, -0.2) is 22.8 Å². The Morgan fingerprint density at radius 1 is 1.62 bits per heavy atom. The molecule has 1 rings (SSSR count). The Labute approximate surface area is 75.1 Å². The van der Waals surface area contributed by atoms with Gasteiger partial charge < -0.3 is 14.6 Å². The fourth-order valence-electron chi connectivity index (χ4n) is 0.961. The Hall–Kier alpha value is -1.55. The normalized spacial score (nSPS) is 12.5. The zero-order valence-electron chi connectivity index (χ0n) is 7.15. The first kappa shape index (κ1) is 9.54. The molecule has 0 spiro atoms. The first-order valence-corrected chi connectivity index (χ1v) is 3.74. The van der Waals surface area contributed by atoms with Gasteiger partial charge in [-0.15, -0.1) is 0 Å². The van der Waals surface area contributed by atoms with Crippen molar-refractivity contribution in [3.8, 4) is 0 Å². The van der Waals surface area contributed by atoms with Crippen LogP contribution in [0.1, 0.15) is 12.7 Å². The maximum atomic E-state index is 10.6. The predicted octanol–water partition coefficient (Wildman–Crippen LogP) is 1.13. The topological polar surface area (TPSA) is 70.7 Å². The van der Waals surface area contributed by atoms with E-state index in [4.69, 9.17) is 14.6 Å². The third-order valence-electron chi connectivity index (χ3n) is 1.75. The van der Waals surface area contributed by atoms with Crippen LogP contribution in [0.2, 0.25) is 0 Å². The SMILES string of the molecule is CC(C(=O)O)=C(CO)c1ccco1. The Kier molecular flexibility index (Phi) is 2.87. The summed E-state index contributed by atoms with van der Waals surface area (Å²) < 4.78 is 4.98. The van der Waals surface area contributed by atoms with Crippen LogP contribution in [0.5, 0.6) is 0 Å². The lowest BCUT2D eigenvalue weighted by atomic mass is 10.1.